The predicted octanol–water partition coefficient (Wildman–Crippen LogP) is 1.45. The molecule has 1 atom stereocenters. The number of fused-ring (bicyclic) bond motifs is 2. The molecule has 1 aliphatic heterocycles. The summed E-state index contributed by atoms with van der Waals surface area (Å²) in [5.74, 6) is -0.966. The molecule has 0 aliphatic carbocycles. The molecule has 0 bridgehead atoms. The number of hydrogen-bond donors (Lipinski definition) is 3. The first-order valence-corrected chi connectivity index (χ1v) is 7.71. The number of benzene rings is 1. The second-order valence-electron chi connectivity index (χ2n) is 5.67. The summed E-state index contributed by atoms with van der Waals surface area (Å²) in [5.41, 5.74) is 2.07. The van der Waals surface area contributed by atoms with E-state index in [2.05, 4.69) is 20.3 Å². The third-order valence-corrected chi connectivity index (χ3v) is 4.14. The first-order chi connectivity index (χ1) is 12.1. The van der Waals surface area contributed by atoms with Crippen molar-refractivity contribution < 1.29 is 19.4 Å². The van der Waals surface area contributed by atoms with E-state index in [0.29, 0.717) is 23.2 Å². The van der Waals surface area contributed by atoms with Crippen molar-refractivity contribution in [2.75, 3.05) is 6.61 Å². The minimum atomic E-state index is -1.18. The van der Waals surface area contributed by atoms with Crippen LogP contribution in [-0.2, 0) is 11.2 Å². The van der Waals surface area contributed by atoms with Crippen LogP contribution in [0.25, 0.3) is 11.0 Å². The minimum Gasteiger partial charge on any atom is -0.493 e. The maximum Gasteiger partial charge on any atom is 0.330 e. The van der Waals surface area contributed by atoms with Crippen molar-refractivity contribution in [3.05, 3.63) is 53.6 Å². The zero-order chi connectivity index (χ0) is 17.4. The number of carbonyl (C=O) groups excluding carboxylic acids is 1. The van der Waals surface area contributed by atoms with Gasteiger partial charge in [-0.25, -0.2) is 14.8 Å². The van der Waals surface area contributed by atoms with Crippen LogP contribution in [0.15, 0.2) is 36.8 Å². The zero-order valence-electron chi connectivity index (χ0n) is 13.0. The molecule has 3 heterocycles. The molecule has 0 fully saturated rings. The SMILES string of the molecule is O=C(N[C@@H](C(=O)O)c1ccc2c(c1)CCO2)c1ncnc2[nH]ccc12. The van der Waals surface area contributed by atoms with Gasteiger partial charge in [0.1, 0.15) is 23.4 Å². The van der Waals surface area contributed by atoms with Gasteiger partial charge in [0.2, 0.25) is 0 Å². The summed E-state index contributed by atoms with van der Waals surface area (Å²) in [4.78, 5) is 35.2. The zero-order valence-corrected chi connectivity index (χ0v) is 13.0. The van der Waals surface area contributed by atoms with Gasteiger partial charge in [0.25, 0.3) is 5.91 Å². The standard InChI is InChI=1S/C17H14N4O4/c22-16(14-11-3-5-18-15(11)20-8-19-14)21-13(17(23)24)10-1-2-12-9(7-10)4-6-25-12/h1-3,5,7-8,13H,4,6H2,(H,21,22)(H,23,24)(H,18,19,20)/t13-/m1/s1. The van der Waals surface area contributed by atoms with Gasteiger partial charge in [0.05, 0.1) is 12.0 Å². The lowest BCUT2D eigenvalue weighted by molar-refractivity contribution is -0.139. The van der Waals surface area contributed by atoms with Crippen molar-refractivity contribution in [3.63, 3.8) is 0 Å². The van der Waals surface area contributed by atoms with Gasteiger partial charge in [-0.05, 0) is 29.3 Å². The van der Waals surface area contributed by atoms with Gasteiger partial charge in [-0.2, -0.15) is 0 Å². The highest BCUT2D eigenvalue weighted by Gasteiger charge is 2.26. The fourth-order valence-corrected chi connectivity index (χ4v) is 2.93. The van der Waals surface area contributed by atoms with Gasteiger partial charge >= 0.3 is 5.97 Å². The monoisotopic (exact) mass is 338 g/mol. The lowest BCUT2D eigenvalue weighted by Crippen LogP contribution is -2.34. The van der Waals surface area contributed by atoms with Gasteiger partial charge in [0.15, 0.2) is 6.04 Å². The summed E-state index contributed by atoms with van der Waals surface area (Å²) in [7, 11) is 0. The van der Waals surface area contributed by atoms with Crippen LogP contribution in [0.2, 0.25) is 0 Å². The molecule has 1 aliphatic rings. The summed E-state index contributed by atoms with van der Waals surface area (Å²) < 4.78 is 5.43. The van der Waals surface area contributed by atoms with E-state index in [0.717, 1.165) is 17.7 Å². The Kier molecular flexibility index (Phi) is 3.57. The molecule has 1 aromatic carbocycles. The molecular weight excluding hydrogens is 324 g/mol. The fourth-order valence-electron chi connectivity index (χ4n) is 2.93. The number of rotatable bonds is 4. The van der Waals surface area contributed by atoms with E-state index in [9.17, 15) is 14.7 Å². The van der Waals surface area contributed by atoms with E-state index in [4.69, 9.17) is 4.74 Å². The molecule has 3 aromatic rings. The number of hydrogen-bond acceptors (Lipinski definition) is 5. The van der Waals surface area contributed by atoms with E-state index in [1.54, 1.807) is 30.5 Å². The molecule has 25 heavy (non-hydrogen) atoms. The quantitative estimate of drug-likeness (QED) is 0.663. The molecule has 1 amide bonds. The van der Waals surface area contributed by atoms with Crippen molar-refractivity contribution in [3.8, 4) is 5.75 Å². The lowest BCUT2D eigenvalue weighted by atomic mass is 10.0. The van der Waals surface area contributed by atoms with Crippen LogP contribution in [0.5, 0.6) is 5.75 Å². The van der Waals surface area contributed by atoms with Crippen LogP contribution in [0.3, 0.4) is 0 Å². The highest BCUT2D eigenvalue weighted by molar-refractivity contribution is 6.04. The fraction of sp³-hybridized carbons (Fsp3) is 0.176. The van der Waals surface area contributed by atoms with Crippen molar-refractivity contribution in [1.29, 1.82) is 0 Å². The van der Waals surface area contributed by atoms with Crippen molar-refractivity contribution >= 4 is 22.9 Å². The Hall–Kier alpha value is -3.42. The van der Waals surface area contributed by atoms with Gasteiger partial charge in [0, 0.05) is 12.6 Å². The number of aromatic nitrogens is 3. The Morgan fingerprint density at radius 3 is 3.00 bits per heavy atom. The molecule has 0 unspecified atom stereocenters. The number of aliphatic carboxylic acids is 1. The Morgan fingerprint density at radius 1 is 1.28 bits per heavy atom. The molecule has 0 saturated heterocycles. The molecule has 8 heteroatoms. The van der Waals surface area contributed by atoms with Gasteiger partial charge in [-0.1, -0.05) is 6.07 Å². The number of H-pyrrole nitrogens is 1. The molecule has 8 nitrogen and oxygen atoms in total. The number of nitrogens with zero attached hydrogens (tertiary/aromatic N) is 2. The van der Waals surface area contributed by atoms with Crippen LogP contribution in [0.4, 0.5) is 0 Å². The second kappa shape index (κ2) is 5.90. The number of amides is 1. The van der Waals surface area contributed by atoms with Gasteiger partial charge in [-0.3, -0.25) is 4.79 Å². The lowest BCUT2D eigenvalue weighted by Gasteiger charge is -2.15. The summed E-state index contributed by atoms with van der Waals surface area (Å²) in [6, 6.07) is 5.63. The molecule has 0 saturated carbocycles. The molecule has 126 valence electrons. The van der Waals surface area contributed by atoms with E-state index >= 15 is 0 Å². The third kappa shape index (κ3) is 2.67. The normalized spacial score (nSPS) is 13.9. The van der Waals surface area contributed by atoms with Crippen LogP contribution >= 0.6 is 0 Å². The molecule has 3 N–H and O–H groups in total. The number of ether oxygens (including phenoxy) is 1. The number of nitrogens with one attached hydrogen (secondary N) is 2. The summed E-state index contributed by atoms with van der Waals surface area (Å²) >= 11 is 0. The Labute approximate surface area is 141 Å². The summed E-state index contributed by atoms with van der Waals surface area (Å²) in [6.45, 7) is 0.579. The Bertz CT molecular complexity index is 982. The second-order valence-corrected chi connectivity index (χ2v) is 5.67. The van der Waals surface area contributed by atoms with E-state index in [1.165, 1.54) is 6.33 Å². The van der Waals surface area contributed by atoms with Crippen molar-refractivity contribution in [1.82, 2.24) is 20.3 Å². The third-order valence-electron chi connectivity index (χ3n) is 4.14. The molecule has 0 spiro atoms. The van der Waals surface area contributed by atoms with Crippen LogP contribution in [0, 0.1) is 0 Å². The minimum absolute atomic E-state index is 0.127. The number of carboxylic acids is 1. The summed E-state index contributed by atoms with van der Waals surface area (Å²) in [6.07, 6.45) is 3.63. The first kappa shape index (κ1) is 15.1. The van der Waals surface area contributed by atoms with Crippen molar-refractivity contribution in [2.24, 2.45) is 0 Å². The van der Waals surface area contributed by atoms with Crippen LogP contribution in [-0.4, -0.2) is 38.5 Å². The Morgan fingerprint density at radius 2 is 2.16 bits per heavy atom. The van der Waals surface area contributed by atoms with Gasteiger partial charge < -0.3 is 20.1 Å². The predicted molar refractivity (Wildman–Crippen MR) is 87.4 cm³/mol. The highest BCUT2D eigenvalue weighted by Crippen LogP contribution is 2.28. The van der Waals surface area contributed by atoms with E-state index in [1.807, 2.05) is 0 Å². The number of carboxylic acid groups (broad SMARTS) is 1. The highest BCUT2D eigenvalue weighted by atomic mass is 16.5. The maximum atomic E-state index is 12.6. The van der Waals surface area contributed by atoms with Crippen LogP contribution in [0.1, 0.15) is 27.7 Å². The van der Waals surface area contributed by atoms with Crippen LogP contribution < -0.4 is 10.1 Å². The van der Waals surface area contributed by atoms with E-state index < -0.39 is 17.9 Å². The maximum absolute atomic E-state index is 12.6. The molecule has 4 rings (SSSR count). The first-order valence-electron chi connectivity index (χ1n) is 7.71. The van der Waals surface area contributed by atoms with Gasteiger partial charge in [-0.15, -0.1) is 0 Å². The molecule has 2 aromatic heterocycles. The topological polar surface area (TPSA) is 117 Å². The smallest absolute Gasteiger partial charge is 0.330 e. The largest absolute Gasteiger partial charge is 0.493 e. The van der Waals surface area contributed by atoms with E-state index in [-0.39, 0.29) is 5.69 Å². The molecule has 0 radical (unpaired) electrons. The number of carbonyl (C=O) groups is 2. The van der Waals surface area contributed by atoms with Crippen molar-refractivity contribution in [2.45, 2.75) is 12.5 Å². The average Bonchev–Trinajstić information content (AvgIpc) is 3.26. The Balaban J connectivity index is 1.65. The molecular formula is C17H14N4O4. The average molecular weight is 338 g/mol. The summed E-state index contributed by atoms with van der Waals surface area (Å²) in [5, 5.41) is 12.6. The number of aromatic amines is 1.